The molecule has 2 aromatic heterocycles. The molecule has 0 saturated carbocycles. The van der Waals surface area contributed by atoms with Gasteiger partial charge in [0.15, 0.2) is 5.69 Å². The van der Waals surface area contributed by atoms with Crippen molar-refractivity contribution in [1.29, 1.82) is 0 Å². The van der Waals surface area contributed by atoms with Crippen LogP contribution in [-0.2, 0) is 11.3 Å². The number of halogens is 1. The van der Waals surface area contributed by atoms with Crippen LogP contribution in [0.5, 0.6) is 0 Å². The maximum Gasteiger partial charge on any atom is 0.358 e. The Morgan fingerprint density at radius 3 is 2.89 bits per heavy atom. The predicted molar refractivity (Wildman–Crippen MR) is 67.5 cm³/mol. The van der Waals surface area contributed by atoms with Crippen LogP contribution in [0.15, 0.2) is 29.1 Å². The summed E-state index contributed by atoms with van der Waals surface area (Å²) >= 11 is 3.24. The van der Waals surface area contributed by atoms with Gasteiger partial charge >= 0.3 is 5.97 Å². The molecule has 0 atom stereocenters. The number of aromatic carboxylic acids is 1. The van der Waals surface area contributed by atoms with Gasteiger partial charge in [-0.1, -0.05) is 5.21 Å². The maximum absolute atomic E-state index is 11.7. The standard InChI is InChI=1S/C10H8BrN5O3/c11-6-3-12-2-1-7(6)13-9(17)5-16-4-8(10(18)19)14-15-16/h1-4H,5H2,(H,18,19)(H,12,13,17). The first-order valence-corrected chi connectivity index (χ1v) is 5.88. The van der Waals surface area contributed by atoms with E-state index in [2.05, 4.69) is 36.5 Å². The number of carbonyl (C=O) groups excluding carboxylic acids is 1. The summed E-state index contributed by atoms with van der Waals surface area (Å²) in [6.07, 6.45) is 4.27. The normalized spacial score (nSPS) is 10.2. The Labute approximate surface area is 115 Å². The van der Waals surface area contributed by atoms with Crippen molar-refractivity contribution in [3.8, 4) is 0 Å². The number of pyridine rings is 1. The highest BCUT2D eigenvalue weighted by molar-refractivity contribution is 9.10. The van der Waals surface area contributed by atoms with Crippen molar-refractivity contribution < 1.29 is 14.7 Å². The Balaban J connectivity index is 2.01. The van der Waals surface area contributed by atoms with Crippen LogP contribution in [0.4, 0.5) is 5.69 Å². The zero-order chi connectivity index (χ0) is 13.8. The van der Waals surface area contributed by atoms with Crippen LogP contribution in [0, 0.1) is 0 Å². The molecule has 2 heterocycles. The lowest BCUT2D eigenvalue weighted by molar-refractivity contribution is -0.116. The third-order valence-electron chi connectivity index (χ3n) is 2.11. The SMILES string of the molecule is O=C(Cn1cc(C(=O)O)nn1)Nc1ccncc1Br. The monoisotopic (exact) mass is 325 g/mol. The number of aromatic nitrogens is 4. The van der Waals surface area contributed by atoms with Crippen molar-refractivity contribution in [1.82, 2.24) is 20.0 Å². The van der Waals surface area contributed by atoms with E-state index >= 15 is 0 Å². The van der Waals surface area contributed by atoms with E-state index in [-0.39, 0.29) is 18.1 Å². The molecule has 2 rings (SSSR count). The molecule has 2 aromatic rings. The van der Waals surface area contributed by atoms with Crippen LogP contribution in [0.2, 0.25) is 0 Å². The summed E-state index contributed by atoms with van der Waals surface area (Å²) < 4.78 is 1.79. The van der Waals surface area contributed by atoms with E-state index in [1.54, 1.807) is 18.5 Å². The molecule has 9 heteroatoms. The second kappa shape index (κ2) is 5.57. The zero-order valence-electron chi connectivity index (χ0n) is 9.45. The van der Waals surface area contributed by atoms with Crippen LogP contribution < -0.4 is 5.32 Å². The molecule has 19 heavy (non-hydrogen) atoms. The van der Waals surface area contributed by atoms with Crippen molar-refractivity contribution in [2.45, 2.75) is 6.54 Å². The van der Waals surface area contributed by atoms with Crippen molar-refractivity contribution in [2.24, 2.45) is 0 Å². The fourth-order valence-electron chi connectivity index (χ4n) is 1.29. The molecule has 8 nitrogen and oxygen atoms in total. The highest BCUT2D eigenvalue weighted by Gasteiger charge is 2.11. The third kappa shape index (κ3) is 3.35. The van der Waals surface area contributed by atoms with E-state index in [9.17, 15) is 9.59 Å². The highest BCUT2D eigenvalue weighted by Crippen LogP contribution is 2.19. The molecule has 0 unspecified atom stereocenters. The van der Waals surface area contributed by atoms with Crippen molar-refractivity contribution in [3.05, 3.63) is 34.8 Å². The summed E-state index contributed by atoms with van der Waals surface area (Å²) in [4.78, 5) is 26.2. The highest BCUT2D eigenvalue weighted by atomic mass is 79.9. The van der Waals surface area contributed by atoms with E-state index in [0.29, 0.717) is 10.2 Å². The number of carbonyl (C=O) groups is 2. The number of hydrogen-bond donors (Lipinski definition) is 2. The van der Waals surface area contributed by atoms with Gasteiger partial charge in [0.05, 0.1) is 16.4 Å². The molecule has 0 aliphatic rings. The van der Waals surface area contributed by atoms with Crippen LogP contribution in [0.25, 0.3) is 0 Å². The first-order valence-electron chi connectivity index (χ1n) is 5.09. The summed E-state index contributed by atoms with van der Waals surface area (Å²) in [6.45, 7) is -0.130. The van der Waals surface area contributed by atoms with E-state index < -0.39 is 5.97 Å². The first kappa shape index (κ1) is 13.1. The smallest absolute Gasteiger partial charge is 0.358 e. The number of amides is 1. The average molecular weight is 326 g/mol. The summed E-state index contributed by atoms with van der Waals surface area (Å²) in [6, 6.07) is 1.63. The fourth-order valence-corrected chi connectivity index (χ4v) is 1.64. The summed E-state index contributed by atoms with van der Waals surface area (Å²) in [5, 5.41) is 18.3. The Morgan fingerprint density at radius 1 is 1.47 bits per heavy atom. The average Bonchev–Trinajstić information content (AvgIpc) is 2.80. The van der Waals surface area contributed by atoms with E-state index in [1.807, 2.05) is 0 Å². The minimum atomic E-state index is -1.19. The molecule has 0 saturated heterocycles. The number of carboxylic acids is 1. The molecule has 2 N–H and O–H groups in total. The lowest BCUT2D eigenvalue weighted by Crippen LogP contribution is -2.19. The van der Waals surface area contributed by atoms with Gasteiger partial charge in [-0.2, -0.15) is 0 Å². The van der Waals surface area contributed by atoms with Gasteiger partial charge in [0.1, 0.15) is 6.54 Å². The number of nitrogens with zero attached hydrogens (tertiary/aromatic N) is 4. The lowest BCUT2D eigenvalue weighted by Gasteiger charge is -2.06. The minimum absolute atomic E-state index is 0.130. The number of anilines is 1. The van der Waals surface area contributed by atoms with Crippen molar-refractivity contribution in [3.63, 3.8) is 0 Å². The number of nitrogens with one attached hydrogen (secondary N) is 1. The fraction of sp³-hybridized carbons (Fsp3) is 0.100. The minimum Gasteiger partial charge on any atom is -0.476 e. The van der Waals surface area contributed by atoms with Gasteiger partial charge in [-0.25, -0.2) is 9.48 Å². The number of hydrogen-bond acceptors (Lipinski definition) is 5. The molecule has 0 radical (unpaired) electrons. The second-order valence-corrected chi connectivity index (χ2v) is 4.36. The molecule has 0 bridgehead atoms. The summed E-state index contributed by atoms with van der Waals surface area (Å²) in [7, 11) is 0. The number of rotatable bonds is 4. The summed E-state index contributed by atoms with van der Waals surface area (Å²) in [5.74, 6) is -1.54. The quantitative estimate of drug-likeness (QED) is 0.859. The molecule has 0 aliphatic carbocycles. The molecule has 0 spiro atoms. The van der Waals surface area contributed by atoms with Crippen LogP contribution in [0.3, 0.4) is 0 Å². The van der Waals surface area contributed by atoms with Crippen molar-refractivity contribution in [2.75, 3.05) is 5.32 Å². The topological polar surface area (TPSA) is 110 Å². The van der Waals surface area contributed by atoms with Gasteiger partial charge in [0, 0.05) is 12.4 Å². The molecule has 0 aromatic carbocycles. The Morgan fingerprint density at radius 2 is 2.26 bits per heavy atom. The van der Waals surface area contributed by atoms with Gasteiger partial charge in [-0.15, -0.1) is 5.10 Å². The van der Waals surface area contributed by atoms with E-state index in [1.165, 1.54) is 6.20 Å². The molecule has 0 aliphatic heterocycles. The predicted octanol–water partition coefficient (Wildman–Crippen LogP) is 0.772. The van der Waals surface area contributed by atoms with Gasteiger partial charge in [0.2, 0.25) is 5.91 Å². The van der Waals surface area contributed by atoms with Gasteiger partial charge in [-0.3, -0.25) is 9.78 Å². The van der Waals surface area contributed by atoms with Gasteiger partial charge in [-0.05, 0) is 22.0 Å². The number of carboxylic acid groups (broad SMARTS) is 1. The molecule has 1 amide bonds. The van der Waals surface area contributed by atoms with Crippen LogP contribution in [0.1, 0.15) is 10.5 Å². The Hall–Kier alpha value is -2.29. The largest absolute Gasteiger partial charge is 0.476 e. The molecular formula is C10H8BrN5O3. The van der Waals surface area contributed by atoms with Gasteiger partial charge < -0.3 is 10.4 Å². The first-order chi connectivity index (χ1) is 9.06. The van der Waals surface area contributed by atoms with E-state index in [0.717, 1.165) is 4.68 Å². The van der Waals surface area contributed by atoms with Crippen LogP contribution in [-0.4, -0.2) is 37.0 Å². The van der Waals surface area contributed by atoms with Crippen molar-refractivity contribution >= 4 is 33.5 Å². The maximum atomic E-state index is 11.7. The van der Waals surface area contributed by atoms with Gasteiger partial charge in [0.25, 0.3) is 0 Å². The third-order valence-corrected chi connectivity index (χ3v) is 2.74. The zero-order valence-corrected chi connectivity index (χ0v) is 11.0. The van der Waals surface area contributed by atoms with Crippen LogP contribution >= 0.6 is 15.9 Å². The molecule has 98 valence electrons. The second-order valence-electron chi connectivity index (χ2n) is 3.51. The van der Waals surface area contributed by atoms with E-state index in [4.69, 9.17) is 5.11 Å². The molecule has 0 fully saturated rings. The Bertz CT molecular complexity index is 627. The lowest BCUT2D eigenvalue weighted by atomic mass is 10.4. The molecular weight excluding hydrogens is 318 g/mol. The summed E-state index contributed by atoms with van der Waals surface area (Å²) in [5.41, 5.74) is 0.358. The Kier molecular flexibility index (Phi) is 3.85.